The maximum Gasteiger partial charge on any atom is 0.0552 e. The molecule has 0 bridgehead atoms. The van der Waals surface area contributed by atoms with E-state index in [1.807, 2.05) is 0 Å². The van der Waals surface area contributed by atoms with Gasteiger partial charge in [-0.05, 0) is 31.1 Å². The molecule has 0 spiro atoms. The Morgan fingerprint density at radius 3 is 1.76 bits per heavy atom. The van der Waals surface area contributed by atoms with Gasteiger partial charge in [-0.1, -0.05) is 60.7 Å². The third kappa shape index (κ3) is 3.95. The minimum Gasteiger partial charge on any atom is -0.304 e. The lowest BCUT2D eigenvalue weighted by molar-refractivity contribution is 0.151. The zero-order valence-corrected chi connectivity index (χ0v) is 15.2. The van der Waals surface area contributed by atoms with Crippen molar-refractivity contribution in [3.63, 3.8) is 0 Å². The van der Waals surface area contributed by atoms with Crippen molar-refractivity contribution < 1.29 is 0 Å². The summed E-state index contributed by atoms with van der Waals surface area (Å²) >= 11 is 0. The summed E-state index contributed by atoms with van der Waals surface area (Å²) in [5.41, 5.74) is 2.91. The Labute approximate surface area is 151 Å². The van der Waals surface area contributed by atoms with Gasteiger partial charge in [0.05, 0.1) is 12.1 Å². The molecule has 0 radical (unpaired) electrons. The second-order valence-corrected chi connectivity index (χ2v) is 7.45. The highest BCUT2D eigenvalue weighted by atomic mass is 15.4. The second-order valence-electron chi connectivity index (χ2n) is 7.45. The topological polar surface area (TPSA) is 9.49 Å². The summed E-state index contributed by atoms with van der Waals surface area (Å²) in [4.78, 5) is 7.72. The Hall–Kier alpha value is -1.68. The molecule has 2 aliphatic heterocycles. The molecule has 2 fully saturated rings. The Balaban J connectivity index is 1.37. The van der Waals surface area contributed by atoms with Crippen LogP contribution in [-0.4, -0.2) is 61.0 Å². The molecule has 2 atom stereocenters. The fourth-order valence-electron chi connectivity index (χ4n) is 4.15. The Kier molecular flexibility index (Phi) is 5.16. The number of piperazine rings is 1. The van der Waals surface area contributed by atoms with Crippen molar-refractivity contribution in [1.82, 2.24) is 14.7 Å². The molecule has 2 heterocycles. The van der Waals surface area contributed by atoms with E-state index in [1.165, 1.54) is 56.8 Å². The maximum atomic E-state index is 2.67. The van der Waals surface area contributed by atoms with Crippen LogP contribution in [0.15, 0.2) is 60.7 Å². The van der Waals surface area contributed by atoms with Gasteiger partial charge < -0.3 is 9.80 Å². The fourth-order valence-corrected chi connectivity index (χ4v) is 4.15. The van der Waals surface area contributed by atoms with E-state index in [1.54, 1.807) is 0 Å². The fraction of sp³-hybridized carbons (Fsp3) is 0.455. The number of nitrogens with zero attached hydrogens (tertiary/aromatic N) is 3. The van der Waals surface area contributed by atoms with Gasteiger partial charge >= 0.3 is 0 Å². The normalized spacial score (nSPS) is 27.3. The van der Waals surface area contributed by atoms with E-state index in [9.17, 15) is 0 Å². The van der Waals surface area contributed by atoms with Crippen LogP contribution in [0.4, 0.5) is 0 Å². The van der Waals surface area contributed by atoms with Gasteiger partial charge in [-0.15, -0.1) is 0 Å². The molecule has 3 nitrogen and oxygen atoms in total. The number of rotatable bonds is 6. The van der Waals surface area contributed by atoms with Crippen molar-refractivity contribution in [1.29, 1.82) is 0 Å². The number of likely N-dealkylation sites (N-methyl/N-ethyl adjacent to an activating group) is 1. The first-order chi connectivity index (χ1) is 12.3. The summed E-state index contributed by atoms with van der Waals surface area (Å²) in [6.07, 6.45) is 1.26. The lowest BCUT2D eigenvalue weighted by atomic mass is 10.0. The third-order valence-corrected chi connectivity index (χ3v) is 5.69. The molecule has 2 saturated heterocycles. The Bertz CT molecular complexity index is 604. The predicted octanol–water partition coefficient (Wildman–Crippen LogP) is 3.42. The van der Waals surface area contributed by atoms with Crippen LogP contribution in [0, 0.1) is 0 Å². The zero-order chi connectivity index (χ0) is 17.1. The molecule has 4 rings (SSSR count). The van der Waals surface area contributed by atoms with Crippen molar-refractivity contribution >= 4 is 0 Å². The van der Waals surface area contributed by atoms with Gasteiger partial charge in [-0.3, -0.25) is 4.90 Å². The van der Waals surface area contributed by atoms with Crippen molar-refractivity contribution in [2.24, 2.45) is 0 Å². The minimum absolute atomic E-state index is 0.552. The first-order valence-electron chi connectivity index (χ1n) is 9.59. The molecule has 0 aromatic heterocycles. The van der Waals surface area contributed by atoms with Crippen LogP contribution in [0.3, 0.4) is 0 Å². The van der Waals surface area contributed by atoms with E-state index in [0.717, 1.165) is 0 Å². The zero-order valence-electron chi connectivity index (χ0n) is 15.2. The molecule has 25 heavy (non-hydrogen) atoms. The largest absolute Gasteiger partial charge is 0.304 e. The molecule has 2 aromatic rings. The Morgan fingerprint density at radius 1 is 0.720 bits per heavy atom. The van der Waals surface area contributed by atoms with E-state index in [-0.39, 0.29) is 0 Å². The van der Waals surface area contributed by atoms with E-state index in [4.69, 9.17) is 0 Å². The van der Waals surface area contributed by atoms with E-state index >= 15 is 0 Å². The highest BCUT2D eigenvalue weighted by molar-refractivity contribution is 5.34. The van der Waals surface area contributed by atoms with E-state index in [2.05, 4.69) is 82.4 Å². The molecule has 0 amide bonds. The molecule has 0 N–H and O–H groups in total. The summed E-state index contributed by atoms with van der Waals surface area (Å²) < 4.78 is 0. The molecule has 0 aliphatic carbocycles. The lowest BCUT2D eigenvalue weighted by Gasteiger charge is -2.32. The summed E-state index contributed by atoms with van der Waals surface area (Å²) in [6, 6.07) is 23.1. The van der Waals surface area contributed by atoms with Gasteiger partial charge in [0.15, 0.2) is 0 Å². The minimum atomic E-state index is 0.552. The first kappa shape index (κ1) is 16.8. The molecule has 132 valence electrons. The maximum absolute atomic E-state index is 2.67. The molecule has 2 aliphatic rings. The van der Waals surface area contributed by atoms with Crippen LogP contribution in [0.25, 0.3) is 0 Å². The number of benzene rings is 2. The standard InChI is InChI=1S/C22H29N3/c1-23-15-17-24(18-16-23)13-8-14-25-21(19-9-4-2-5-10-19)22(25)20-11-6-3-7-12-20/h2-7,9-12,21-22H,8,13-18H2,1H3. The lowest BCUT2D eigenvalue weighted by Crippen LogP contribution is -2.44. The highest BCUT2D eigenvalue weighted by Crippen LogP contribution is 2.54. The van der Waals surface area contributed by atoms with Gasteiger partial charge in [-0.25, -0.2) is 0 Å². The SMILES string of the molecule is CN1CCN(CCCN2C(c3ccccc3)C2c2ccccc2)CC1. The van der Waals surface area contributed by atoms with Crippen LogP contribution in [0.5, 0.6) is 0 Å². The third-order valence-electron chi connectivity index (χ3n) is 5.69. The van der Waals surface area contributed by atoms with Crippen molar-refractivity contribution in [3.8, 4) is 0 Å². The van der Waals surface area contributed by atoms with Crippen LogP contribution in [0.1, 0.15) is 29.6 Å². The molecule has 2 unspecified atom stereocenters. The second kappa shape index (κ2) is 7.69. The predicted molar refractivity (Wildman–Crippen MR) is 104 cm³/mol. The van der Waals surface area contributed by atoms with Crippen molar-refractivity contribution in [2.75, 3.05) is 46.3 Å². The smallest absolute Gasteiger partial charge is 0.0552 e. The van der Waals surface area contributed by atoms with Crippen LogP contribution < -0.4 is 0 Å². The average molecular weight is 335 g/mol. The molecule has 0 saturated carbocycles. The van der Waals surface area contributed by atoms with Gasteiger partial charge in [-0.2, -0.15) is 0 Å². The van der Waals surface area contributed by atoms with Crippen LogP contribution in [0.2, 0.25) is 0 Å². The first-order valence-corrected chi connectivity index (χ1v) is 9.59. The summed E-state index contributed by atoms with van der Waals surface area (Å²) in [6.45, 7) is 7.28. The Morgan fingerprint density at radius 2 is 1.24 bits per heavy atom. The molecule has 3 heteroatoms. The molecule has 2 aromatic carbocycles. The molecular weight excluding hydrogens is 306 g/mol. The van der Waals surface area contributed by atoms with Crippen molar-refractivity contribution in [3.05, 3.63) is 71.8 Å². The van der Waals surface area contributed by atoms with E-state index < -0.39 is 0 Å². The highest BCUT2D eigenvalue weighted by Gasteiger charge is 2.48. The average Bonchev–Trinajstić information content (AvgIpc) is 3.39. The summed E-state index contributed by atoms with van der Waals surface area (Å²) in [5.74, 6) is 0. The van der Waals surface area contributed by atoms with Gasteiger partial charge in [0.25, 0.3) is 0 Å². The van der Waals surface area contributed by atoms with Gasteiger partial charge in [0.1, 0.15) is 0 Å². The van der Waals surface area contributed by atoms with Crippen LogP contribution >= 0.6 is 0 Å². The summed E-state index contributed by atoms with van der Waals surface area (Å²) in [5, 5.41) is 0. The van der Waals surface area contributed by atoms with Gasteiger partial charge in [0, 0.05) is 32.7 Å². The van der Waals surface area contributed by atoms with Crippen molar-refractivity contribution in [2.45, 2.75) is 18.5 Å². The number of hydrogen-bond donors (Lipinski definition) is 0. The van der Waals surface area contributed by atoms with E-state index in [0.29, 0.717) is 12.1 Å². The van der Waals surface area contributed by atoms with Crippen LogP contribution in [-0.2, 0) is 0 Å². The monoisotopic (exact) mass is 335 g/mol. The van der Waals surface area contributed by atoms with Gasteiger partial charge in [0.2, 0.25) is 0 Å². The summed E-state index contributed by atoms with van der Waals surface area (Å²) in [7, 11) is 2.22. The molecular formula is C22H29N3. The number of hydrogen-bond acceptors (Lipinski definition) is 3. The quantitative estimate of drug-likeness (QED) is 0.749.